The van der Waals surface area contributed by atoms with Gasteiger partial charge in [0.25, 0.3) is 5.91 Å². The highest BCUT2D eigenvalue weighted by Gasteiger charge is 2.25. The molecule has 1 aliphatic heterocycles. The molecule has 1 atom stereocenters. The van der Waals surface area contributed by atoms with Gasteiger partial charge in [0.15, 0.2) is 0 Å². The summed E-state index contributed by atoms with van der Waals surface area (Å²) in [7, 11) is 0. The van der Waals surface area contributed by atoms with E-state index in [2.05, 4.69) is 0 Å². The third-order valence-corrected chi connectivity index (χ3v) is 3.78. The van der Waals surface area contributed by atoms with Crippen molar-refractivity contribution in [2.24, 2.45) is 5.92 Å². The van der Waals surface area contributed by atoms with E-state index in [1.54, 1.807) is 0 Å². The van der Waals surface area contributed by atoms with Crippen LogP contribution in [-0.4, -0.2) is 35.6 Å². The number of likely N-dealkylation sites (tertiary alicyclic amines) is 1. The first kappa shape index (κ1) is 13.9. The van der Waals surface area contributed by atoms with Crippen LogP contribution in [0.2, 0.25) is 0 Å². The third kappa shape index (κ3) is 3.26. The summed E-state index contributed by atoms with van der Waals surface area (Å²) in [5, 5.41) is 9.01. The maximum Gasteiger partial charge on any atom is 0.255 e. The van der Waals surface area contributed by atoms with E-state index >= 15 is 0 Å². The molecule has 4 nitrogen and oxygen atoms in total. The molecule has 0 radical (unpaired) electrons. The molecule has 104 valence electrons. The second-order valence-corrected chi connectivity index (χ2v) is 5.36. The first-order valence-corrected chi connectivity index (χ1v) is 6.88. The SMILES string of the molecule is Cc1ccc(C(=O)N2CCCC(CCO)C2)c(N)c1. The third-order valence-electron chi connectivity index (χ3n) is 3.78. The van der Waals surface area contributed by atoms with Crippen LogP contribution >= 0.6 is 0 Å². The van der Waals surface area contributed by atoms with Gasteiger partial charge in [-0.1, -0.05) is 6.07 Å². The second-order valence-electron chi connectivity index (χ2n) is 5.36. The van der Waals surface area contributed by atoms with Gasteiger partial charge in [0.1, 0.15) is 0 Å². The van der Waals surface area contributed by atoms with E-state index < -0.39 is 0 Å². The number of aliphatic hydroxyl groups is 1. The maximum absolute atomic E-state index is 12.5. The number of rotatable bonds is 3. The van der Waals surface area contributed by atoms with E-state index in [1.807, 2.05) is 30.0 Å². The van der Waals surface area contributed by atoms with Crippen molar-refractivity contribution >= 4 is 11.6 Å². The van der Waals surface area contributed by atoms with Gasteiger partial charge < -0.3 is 15.7 Å². The topological polar surface area (TPSA) is 66.6 Å². The lowest BCUT2D eigenvalue weighted by atomic mass is 9.94. The summed E-state index contributed by atoms with van der Waals surface area (Å²) < 4.78 is 0. The molecule has 0 spiro atoms. The Morgan fingerprint density at radius 3 is 3.00 bits per heavy atom. The zero-order valence-corrected chi connectivity index (χ0v) is 11.4. The molecule has 1 saturated heterocycles. The summed E-state index contributed by atoms with van der Waals surface area (Å²) in [6.07, 6.45) is 2.86. The van der Waals surface area contributed by atoms with E-state index in [4.69, 9.17) is 10.8 Å². The number of hydrogen-bond donors (Lipinski definition) is 2. The fourth-order valence-electron chi connectivity index (χ4n) is 2.71. The molecule has 0 aromatic heterocycles. The molecule has 1 aromatic carbocycles. The number of amides is 1. The fourth-order valence-corrected chi connectivity index (χ4v) is 2.71. The highest BCUT2D eigenvalue weighted by atomic mass is 16.3. The highest BCUT2D eigenvalue weighted by molar-refractivity contribution is 5.99. The second kappa shape index (κ2) is 6.06. The van der Waals surface area contributed by atoms with Crippen molar-refractivity contribution in [1.82, 2.24) is 4.90 Å². The average molecular weight is 262 g/mol. The molecule has 1 amide bonds. The number of piperidine rings is 1. The van der Waals surface area contributed by atoms with Crippen LogP contribution in [0.4, 0.5) is 5.69 Å². The Morgan fingerprint density at radius 1 is 1.53 bits per heavy atom. The predicted octanol–water partition coefficient (Wildman–Crippen LogP) is 1.81. The van der Waals surface area contributed by atoms with E-state index in [1.165, 1.54) is 0 Å². The van der Waals surface area contributed by atoms with Gasteiger partial charge in [-0.15, -0.1) is 0 Å². The Kier molecular flexibility index (Phi) is 4.43. The number of nitrogen functional groups attached to an aromatic ring is 1. The predicted molar refractivity (Wildman–Crippen MR) is 75.9 cm³/mol. The molecule has 1 heterocycles. The summed E-state index contributed by atoms with van der Waals surface area (Å²) in [6.45, 7) is 3.67. The van der Waals surface area contributed by atoms with Crippen LogP contribution in [0.15, 0.2) is 18.2 Å². The molecule has 0 saturated carbocycles. The van der Waals surface area contributed by atoms with E-state index in [-0.39, 0.29) is 12.5 Å². The zero-order chi connectivity index (χ0) is 13.8. The largest absolute Gasteiger partial charge is 0.398 e. The lowest BCUT2D eigenvalue weighted by molar-refractivity contribution is 0.0654. The number of hydrogen-bond acceptors (Lipinski definition) is 3. The minimum atomic E-state index is 0.0140. The fraction of sp³-hybridized carbons (Fsp3) is 0.533. The van der Waals surface area contributed by atoms with Crippen LogP contribution in [0.1, 0.15) is 35.2 Å². The van der Waals surface area contributed by atoms with E-state index in [9.17, 15) is 4.79 Å². The average Bonchev–Trinajstić information content (AvgIpc) is 2.39. The van der Waals surface area contributed by atoms with Crippen molar-refractivity contribution in [2.45, 2.75) is 26.2 Å². The van der Waals surface area contributed by atoms with Gasteiger partial charge in [-0.05, 0) is 49.8 Å². The van der Waals surface area contributed by atoms with Gasteiger partial charge in [0, 0.05) is 25.4 Å². The van der Waals surface area contributed by atoms with Crippen molar-refractivity contribution in [3.63, 3.8) is 0 Å². The van der Waals surface area contributed by atoms with Gasteiger partial charge in [0.05, 0.1) is 5.56 Å². The van der Waals surface area contributed by atoms with Crippen LogP contribution in [-0.2, 0) is 0 Å². The molecule has 19 heavy (non-hydrogen) atoms. The van der Waals surface area contributed by atoms with Crippen LogP contribution in [0.3, 0.4) is 0 Å². The standard InChI is InChI=1S/C15H22N2O2/c1-11-4-5-13(14(16)9-11)15(19)17-7-2-3-12(10-17)6-8-18/h4-5,9,12,18H,2-3,6-8,10,16H2,1H3. The molecule has 1 unspecified atom stereocenters. The molecule has 2 rings (SSSR count). The quantitative estimate of drug-likeness (QED) is 0.816. The summed E-state index contributed by atoms with van der Waals surface area (Å²) in [5.74, 6) is 0.425. The lowest BCUT2D eigenvalue weighted by Crippen LogP contribution is -2.40. The molecule has 1 aliphatic rings. The first-order chi connectivity index (χ1) is 9.11. The maximum atomic E-state index is 12.5. The molecule has 4 heteroatoms. The highest BCUT2D eigenvalue weighted by Crippen LogP contribution is 2.23. The number of anilines is 1. The monoisotopic (exact) mass is 262 g/mol. The lowest BCUT2D eigenvalue weighted by Gasteiger charge is -2.32. The normalized spacial score (nSPS) is 19.5. The Morgan fingerprint density at radius 2 is 2.32 bits per heavy atom. The van der Waals surface area contributed by atoms with Crippen molar-refractivity contribution in [3.8, 4) is 0 Å². The molecular formula is C15H22N2O2. The Labute approximate surface area is 114 Å². The minimum Gasteiger partial charge on any atom is -0.398 e. The molecule has 0 bridgehead atoms. The summed E-state index contributed by atoms with van der Waals surface area (Å²) in [6, 6.07) is 5.56. The number of carbonyl (C=O) groups is 1. The summed E-state index contributed by atoms with van der Waals surface area (Å²) in [5.41, 5.74) is 8.14. The Balaban J connectivity index is 2.10. The van der Waals surface area contributed by atoms with Gasteiger partial charge in [-0.2, -0.15) is 0 Å². The van der Waals surface area contributed by atoms with Crippen molar-refractivity contribution in [3.05, 3.63) is 29.3 Å². The number of aliphatic hydroxyl groups excluding tert-OH is 1. The van der Waals surface area contributed by atoms with Crippen molar-refractivity contribution < 1.29 is 9.90 Å². The Hall–Kier alpha value is -1.55. The van der Waals surface area contributed by atoms with Crippen LogP contribution < -0.4 is 5.73 Å². The smallest absolute Gasteiger partial charge is 0.255 e. The number of nitrogens with two attached hydrogens (primary N) is 1. The van der Waals surface area contributed by atoms with Gasteiger partial charge in [-0.3, -0.25) is 4.79 Å². The van der Waals surface area contributed by atoms with E-state index in [0.717, 1.165) is 37.9 Å². The number of carbonyl (C=O) groups excluding carboxylic acids is 1. The molecular weight excluding hydrogens is 240 g/mol. The van der Waals surface area contributed by atoms with Crippen molar-refractivity contribution in [2.75, 3.05) is 25.4 Å². The van der Waals surface area contributed by atoms with Gasteiger partial charge in [0.2, 0.25) is 0 Å². The number of aryl methyl sites for hydroxylation is 1. The van der Waals surface area contributed by atoms with Crippen molar-refractivity contribution in [1.29, 1.82) is 0 Å². The van der Waals surface area contributed by atoms with E-state index in [0.29, 0.717) is 17.2 Å². The zero-order valence-electron chi connectivity index (χ0n) is 11.4. The van der Waals surface area contributed by atoms with Gasteiger partial charge >= 0.3 is 0 Å². The molecule has 1 fully saturated rings. The molecule has 0 aliphatic carbocycles. The van der Waals surface area contributed by atoms with Crippen LogP contribution in [0.25, 0.3) is 0 Å². The minimum absolute atomic E-state index is 0.0140. The summed E-state index contributed by atoms with van der Waals surface area (Å²) >= 11 is 0. The molecule has 3 N–H and O–H groups in total. The van der Waals surface area contributed by atoms with Crippen LogP contribution in [0.5, 0.6) is 0 Å². The summed E-state index contributed by atoms with van der Waals surface area (Å²) in [4.78, 5) is 14.3. The van der Waals surface area contributed by atoms with Crippen LogP contribution in [0, 0.1) is 12.8 Å². The first-order valence-electron chi connectivity index (χ1n) is 6.88. The molecule has 1 aromatic rings. The number of nitrogens with zero attached hydrogens (tertiary/aromatic N) is 1. The van der Waals surface area contributed by atoms with Gasteiger partial charge in [-0.25, -0.2) is 0 Å². The Bertz CT molecular complexity index is 457. The number of benzene rings is 1.